The fraction of sp³-hybridized carbons (Fsp3) is 0.318. The smallest absolute Gasteiger partial charge is 0.162 e. The van der Waals surface area contributed by atoms with Crippen LogP contribution in [0, 0.1) is 0 Å². The Morgan fingerprint density at radius 3 is 2.21 bits per heavy atom. The minimum atomic E-state index is -0.268. The van der Waals surface area contributed by atoms with E-state index in [1.807, 2.05) is 0 Å². The number of carbonyl (C=O) groups excluding carboxylic acids is 1. The SMILES string of the molecule is COc1cc(CC/C(O)=C(\C)C(=O)CCc2ccc(O)c(CO)c2)ccc1O. The number of methoxy groups -OCH3 is 1. The zero-order valence-corrected chi connectivity index (χ0v) is 16.1. The highest BCUT2D eigenvalue weighted by Crippen LogP contribution is 2.27. The van der Waals surface area contributed by atoms with Crippen LogP contribution >= 0.6 is 0 Å². The Bertz CT molecular complexity index is 869. The number of benzene rings is 2. The summed E-state index contributed by atoms with van der Waals surface area (Å²) in [7, 11) is 1.47. The van der Waals surface area contributed by atoms with Gasteiger partial charge in [-0.05, 0) is 55.2 Å². The molecule has 0 heterocycles. The van der Waals surface area contributed by atoms with Crippen molar-refractivity contribution in [1.82, 2.24) is 0 Å². The molecule has 0 unspecified atom stereocenters. The van der Waals surface area contributed by atoms with E-state index in [4.69, 9.17) is 4.74 Å². The van der Waals surface area contributed by atoms with Gasteiger partial charge < -0.3 is 25.2 Å². The maximum Gasteiger partial charge on any atom is 0.162 e. The van der Waals surface area contributed by atoms with Gasteiger partial charge in [0.25, 0.3) is 0 Å². The van der Waals surface area contributed by atoms with Gasteiger partial charge in [0.1, 0.15) is 5.75 Å². The number of phenolic OH excluding ortho intramolecular Hbond substituents is 1. The molecular weight excluding hydrogens is 360 g/mol. The summed E-state index contributed by atoms with van der Waals surface area (Å²) in [6, 6.07) is 9.84. The first kappa shape index (κ1) is 21.3. The van der Waals surface area contributed by atoms with E-state index in [0.717, 1.165) is 11.1 Å². The molecule has 0 spiro atoms. The fourth-order valence-corrected chi connectivity index (χ4v) is 2.86. The van der Waals surface area contributed by atoms with Gasteiger partial charge in [0.05, 0.1) is 19.5 Å². The summed E-state index contributed by atoms with van der Waals surface area (Å²) in [6.45, 7) is 1.33. The molecule has 0 amide bonds. The zero-order valence-electron chi connectivity index (χ0n) is 16.1. The molecule has 0 aliphatic heterocycles. The number of carbonyl (C=O) groups is 1. The van der Waals surface area contributed by atoms with Crippen LogP contribution in [-0.2, 0) is 24.2 Å². The lowest BCUT2D eigenvalue weighted by molar-refractivity contribution is -0.115. The summed E-state index contributed by atoms with van der Waals surface area (Å²) in [5.41, 5.74) is 2.46. The Hall–Kier alpha value is -2.99. The standard InChI is InChI=1S/C22H26O6/c1-14(18(24)7-3-15-5-9-20(26)17(11-15)13-23)19(25)8-4-16-6-10-21(27)22(12-16)28-2/h5-6,9-12,23,25-27H,3-4,7-8,13H2,1-2H3/b19-14-. The van der Waals surface area contributed by atoms with Crippen LogP contribution in [0.1, 0.15) is 36.5 Å². The normalized spacial score (nSPS) is 11.8. The molecule has 2 aromatic rings. The van der Waals surface area contributed by atoms with Crippen molar-refractivity contribution >= 4 is 5.78 Å². The first-order valence-corrected chi connectivity index (χ1v) is 9.05. The van der Waals surface area contributed by atoms with Crippen molar-refractivity contribution in [2.45, 2.75) is 39.2 Å². The molecule has 0 fully saturated rings. The molecule has 28 heavy (non-hydrogen) atoms. The number of aliphatic hydroxyl groups is 2. The Morgan fingerprint density at radius 1 is 0.964 bits per heavy atom. The van der Waals surface area contributed by atoms with Gasteiger partial charge in [-0.25, -0.2) is 0 Å². The van der Waals surface area contributed by atoms with Gasteiger partial charge in [-0.3, -0.25) is 4.79 Å². The first-order chi connectivity index (χ1) is 13.3. The zero-order chi connectivity index (χ0) is 20.7. The highest BCUT2D eigenvalue weighted by molar-refractivity contribution is 5.95. The Balaban J connectivity index is 1.95. The largest absolute Gasteiger partial charge is 0.512 e. The van der Waals surface area contributed by atoms with E-state index in [0.29, 0.717) is 36.1 Å². The molecule has 0 aliphatic carbocycles. The summed E-state index contributed by atoms with van der Waals surface area (Å²) in [6.07, 6.45) is 1.48. The van der Waals surface area contributed by atoms with Crippen LogP contribution in [-0.4, -0.2) is 33.3 Å². The number of Topliss-reactive ketones (excluding diaryl/α,β-unsaturated/α-hetero) is 1. The maximum absolute atomic E-state index is 12.4. The number of ether oxygens (including phenoxy) is 1. The Morgan fingerprint density at radius 2 is 1.57 bits per heavy atom. The summed E-state index contributed by atoms with van der Waals surface area (Å²) < 4.78 is 5.07. The number of rotatable bonds is 9. The summed E-state index contributed by atoms with van der Waals surface area (Å²) in [5.74, 6) is 0.330. The van der Waals surface area contributed by atoms with Gasteiger partial charge in [0.2, 0.25) is 0 Å². The second-order valence-corrected chi connectivity index (χ2v) is 6.62. The third-order valence-corrected chi connectivity index (χ3v) is 4.70. The van der Waals surface area contributed by atoms with E-state index in [1.165, 1.54) is 19.2 Å². The molecular formula is C22H26O6. The Labute approximate surface area is 164 Å². The van der Waals surface area contributed by atoms with E-state index in [9.17, 15) is 25.2 Å². The van der Waals surface area contributed by atoms with E-state index in [2.05, 4.69) is 0 Å². The summed E-state index contributed by atoms with van der Waals surface area (Å²) >= 11 is 0. The van der Waals surface area contributed by atoms with Gasteiger partial charge in [-0.1, -0.05) is 12.1 Å². The maximum atomic E-state index is 12.4. The Kier molecular flexibility index (Phi) is 7.46. The molecule has 0 aromatic heterocycles. The van der Waals surface area contributed by atoms with Crippen molar-refractivity contribution in [3.63, 3.8) is 0 Å². The number of hydrogen-bond donors (Lipinski definition) is 4. The minimum Gasteiger partial charge on any atom is -0.512 e. The van der Waals surface area contributed by atoms with Gasteiger partial charge >= 0.3 is 0 Å². The fourth-order valence-electron chi connectivity index (χ4n) is 2.86. The second-order valence-electron chi connectivity index (χ2n) is 6.62. The van der Waals surface area contributed by atoms with Crippen molar-refractivity contribution in [2.75, 3.05) is 7.11 Å². The molecule has 0 aliphatic rings. The van der Waals surface area contributed by atoms with E-state index < -0.39 is 0 Å². The predicted molar refractivity (Wildman–Crippen MR) is 106 cm³/mol. The van der Waals surface area contributed by atoms with Crippen molar-refractivity contribution in [1.29, 1.82) is 0 Å². The third-order valence-electron chi connectivity index (χ3n) is 4.70. The topological polar surface area (TPSA) is 107 Å². The average molecular weight is 386 g/mol. The molecule has 0 saturated heterocycles. The van der Waals surface area contributed by atoms with Crippen LogP contribution in [0.15, 0.2) is 47.7 Å². The van der Waals surface area contributed by atoms with Crippen molar-refractivity contribution in [3.8, 4) is 17.2 Å². The first-order valence-electron chi connectivity index (χ1n) is 9.05. The average Bonchev–Trinajstić information content (AvgIpc) is 2.71. The van der Waals surface area contributed by atoms with Gasteiger partial charge in [-0.15, -0.1) is 0 Å². The molecule has 0 saturated carbocycles. The highest BCUT2D eigenvalue weighted by atomic mass is 16.5. The van der Waals surface area contributed by atoms with Crippen LogP contribution in [0.2, 0.25) is 0 Å². The summed E-state index contributed by atoms with van der Waals surface area (Å²) in [5, 5.41) is 38.7. The lowest BCUT2D eigenvalue weighted by atomic mass is 9.99. The molecule has 2 aromatic carbocycles. The van der Waals surface area contributed by atoms with Crippen LogP contribution in [0.25, 0.3) is 0 Å². The second kappa shape index (κ2) is 9.80. The van der Waals surface area contributed by atoms with Crippen molar-refractivity contribution < 1.29 is 30.0 Å². The number of aliphatic hydroxyl groups excluding tert-OH is 2. The van der Waals surface area contributed by atoms with Crippen LogP contribution in [0.3, 0.4) is 0 Å². The molecule has 0 bridgehead atoms. The number of phenols is 2. The quantitative estimate of drug-likeness (QED) is 0.388. The van der Waals surface area contributed by atoms with E-state index >= 15 is 0 Å². The monoisotopic (exact) mass is 386 g/mol. The van der Waals surface area contributed by atoms with Crippen molar-refractivity contribution in [2.24, 2.45) is 0 Å². The molecule has 150 valence electrons. The number of aryl methyl sites for hydroxylation is 2. The van der Waals surface area contributed by atoms with E-state index in [1.54, 1.807) is 31.2 Å². The molecule has 0 radical (unpaired) electrons. The number of aromatic hydroxyl groups is 2. The molecule has 4 N–H and O–H groups in total. The van der Waals surface area contributed by atoms with Crippen molar-refractivity contribution in [3.05, 3.63) is 64.4 Å². The number of hydrogen-bond acceptors (Lipinski definition) is 6. The number of ketones is 1. The van der Waals surface area contributed by atoms with Crippen LogP contribution in [0.4, 0.5) is 0 Å². The lowest BCUT2D eigenvalue weighted by Crippen LogP contribution is -2.06. The molecule has 2 rings (SSSR count). The van der Waals surface area contributed by atoms with Gasteiger partial charge in [0, 0.05) is 24.0 Å². The number of allylic oxidation sites excluding steroid dienone is 2. The van der Waals surface area contributed by atoms with Gasteiger partial charge in [-0.2, -0.15) is 0 Å². The minimum absolute atomic E-state index is 0.0251. The van der Waals surface area contributed by atoms with E-state index in [-0.39, 0.29) is 36.1 Å². The molecule has 6 heteroatoms. The van der Waals surface area contributed by atoms with Gasteiger partial charge in [0.15, 0.2) is 17.3 Å². The highest BCUT2D eigenvalue weighted by Gasteiger charge is 2.12. The molecule has 0 atom stereocenters. The molecule has 6 nitrogen and oxygen atoms in total. The van der Waals surface area contributed by atoms with Crippen LogP contribution < -0.4 is 4.74 Å². The lowest BCUT2D eigenvalue weighted by Gasteiger charge is -2.09. The predicted octanol–water partition coefficient (Wildman–Crippen LogP) is 3.57. The van der Waals surface area contributed by atoms with Crippen LogP contribution in [0.5, 0.6) is 17.2 Å². The summed E-state index contributed by atoms with van der Waals surface area (Å²) in [4.78, 5) is 12.4. The third kappa shape index (κ3) is 5.50.